The highest BCUT2D eigenvalue weighted by Gasteiger charge is 2.41. The minimum Gasteiger partial charge on any atom is -0.480 e. The summed E-state index contributed by atoms with van der Waals surface area (Å²) in [5, 5.41) is 30.0. The predicted octanol–water partition coefficient (Wildman–Crippen LogP) is 13.6. The second kappa shape index (κ2) is 23.6. The Labute approximate surface area is 433 Å². The van der Waals surface area contributed by atoms with Crippen molar-refractivity contribution in [2.24, 2.45) is 0 Å². The van der Waals surface area contributed by atoms with Gasteiger partial charge < -0.3 is 20.2 Å². The molecular weight excluding hydrogens is 940 g/mol. The highest BCUT2D eigenvalue weighted by molar-refractivity contribution is 7.18. The first-order chi connectivity index (χ1) is 35.4. The van der Waals surface area contributed by atoms with Crippen LogP contribution >= 0.6 is 11.1 Å². The molecule has 0 fully saturated rings. The molecule has 6 N–H and O–H groups in total. The molecular formula is C63H61ClN4O4Si. The fraction of sp³-hybridized carbons (Fsp3) is 0.143. The second-order valence-corrected chi connectivity index (χ2v) is 26.5. The highest BCUT2D eigenvalue weighted by Crippen LogP contribution is 2.39. The molecule has 8 nitrogen and oxygen atoms in total. The monoisotopic (exact) mass is 1000 g/mol. The van der Waals surface area contributed by atoms with Gasteiger partial charge in [-0.15, -0.1) is 0 Å². The van der Waals surface area contributed by atoms with E-state index in [0.717, 1.165) is 66.3 Å². The third-order valence-corrected chi connectivity index (χ3v) is 12.8. The van der Waals surface area contributed by atoms with E-state index in [1.54, 1.807) is 0 Å². The first kappa shape index (κ1) is 51.6. The Hall–Kier alpha value is -7.79. The average Bonchev–Trinajstić information content (AvgIpc) is 4.03. The fourth-order valence-electron chi connectivity index (χ4n) is 9.59. The molecule has 0 amide bonds. The number of aromatic amines is 2. The minimum absolute atomic E-state index is 0.341. The van der Waals surface area contributed by atoms with Crippen molar-refractivity contribution in [2.75, 3.05) is 0 Å². The second-order valence-electron chi connectivity index (χ2n) is 19.0. The normalized spacial score (nSPS) is 12.4. The van der Waals surface area contributed by atoms with Gasteiger partial charge in [0.1, 0.15) is 19.5 Å². The molecule has 2 atom stereocenters. The van der Waals surface area contributed by atoms with Crippen LogP contribution in [0.1, 0.15) is 44.5 Å². The molecule has 8 aromatic carbocycles. The van der Waals surface area contributed by atoms with Gasteiger partial charge in [-0.25, -0.2) is 0 Å². The van der Waals surface area contributed by atoms with Crippen LogP contribution in [0.2, 0.25) is 19.6 Å². The van der Waals surface area contributed by atoms with E-state index in [9.17, 15) is 19.8 Å². The lowest BCUT2D eigenvalue weighted by atomic mass is 9.76. The molecule has 368 valence electrons. The van der Waals surface area contributed by atoms with E-state index in [0.29, 0.717) is 12.8 Å². The van der Waals surface area contributed by atoms with Crippen molar-refractivity contribution < 1.29 is 19.8 Å². The third-order valence-electron chi connectivity index (χ3n) is 12.8. The molecule has 10 aromatic rings. The summed E-state index contributed by atoms with van der Waals surface area (Å²) in [5.41, 5.74) is 8.15. The number of hydrogen-bond acceptors (Lipinski definition) is 4. The molecule has 0 saturated heterocycles. The SMILES string of the molecule is C[Si](C)(C)Cl.O=C(O)C(Cc1c[nH]c2ccccc12)NC(c1ccccc1)(c1ccccc1)c1ccccc1.O=C(O)[C@H](Cc1c[nH]c2ccccc12)NC(c1ccccc1)(c1ccccc1)c1ccccc1. The number of rotatable bonds is 16. The molecule has 73 heavy (non-hydrogen) atoms. The van der Waals surface area contributed by atoms with Crippen LogP contribution in [-0.2, 0) is 33.5 Å². The van der Waals surface area contributed by atoms with Crippen molar-refractivity contribution >= 4 is 52.2 Å². The Balaban J connectivity index is 0.000000178. The summed E-state index contributed by atoms with van der Waals surface area (Å²) in [7, 11) is -1.14. The maximum absolute atomic E-state index is 12.7. The topological polar surface area (TPSA) is 130 Å². The van der Waals surface area contributed by atoms with E-state index < -0.39 is 42.5 Å². The molecule has 2 heterocycles. The zero-order valence-electron chi connectivity index (χ0n) is 41.3. The Morgan fingerprint density at radius 3 is 0.877 bits per heavy atom. The van der Waals surface area contributed by atoms with Gasteiger partial charge in [0.2, 0.25) is 0 Å². The van der Waals surface area contributed by atoms with Crippen LogP contribution in [0.15, 0.2) is 243 Å². The maximum Gasteiger partial charge on any atom is 0.321 e. The Morgan fingerprint density at radius 1 is 0.425 bits per heavy atom. The van der Waals surface area contributed by atoms with Crippen molar-refractivity contribution in [3.05, 3.63) is 287 Å². The summed E-state index contributed by atoms with van der Waals surface area (Å²) < 4.78 is 0. The number of halogens is 1. The number of hydrogen-bond donors (Lipinski definition) is 6. The van der Waals surface area contributed by atoms with Gasteiger partial charge >= 0.3 is 11.9 Å². The summed E-state index contributed by atoms with van der Waals surface area (Å²) in [6.07, 6.45) is 4.51. The van der Waals surface area contributed by atoms with Crippen LogP contribution in [0.4, 0.5) is 0 Å². The van der Waals surface area contributed by atoms with Gasteiger partial charge in [-0.05, 0) is 56.6 Å². The average molecular weight is 1000 g/mol. The first-order valence-corrected chi connectivity index (χ1v) is 29.0. The van der Waals surface area contributed by atoms with Gasteiger partial charge in [0.25, 0.3) is 0 Å². The fourth-order valence-corrected chi connectivity index (χ4v) is 9.59. The standard InChI is InChI=1S/2C30H26N2O2.C3H9ClSi/c2*33-29(34)28(20-22-21-31-27-19-11-10-18-26(22)27)32-30(23-12-4-1-5-13-23,24-14-6-2-7-15-24)25-16-8-3-9-17-25;1-5(2,3)4/h2*1-19,21,28,31-32H,20H2,(H,33,34);1-3H3/t28-;;/m0../s1. The molecule has 0 spiro atoms. The molecule has 0 saturated carbocycles. The number of nitrogens with one attached hydrogen (secondary N) is 4. The van der Waals surface area contributed by atoms with Crippen LogP contribution in [-0.4, -0.2) is 51.6 Å². The molecule has 1 unspecified atom stereocenters. The minimum atomic E-state index is -1.14. The van der Waals surface area contributed by atoms with Crippen LogP contribution < -0.4 is 10.6 Å². The van der Waals surface area contributed by atoms with E-state index >= 15 is 0 Å². The smallest absolute Gasteiger partial charge is 0.321 e. The number of carboxylic acids is 2. The van der Waals surface area contributed by atoms with Crippen LogP contribution in [0, 0.1) is 0 Å². The number of aromatic nitrogens is 2. The van der Waals surface area contributed by atoms with Crippen molar-refractivity contribution in [1.82, 2.24) is 20.6 Å². The molecule has 0 aliphatic heterocycles. The number of benzene rings is 8. The van der Waals surface area contributed by atoms with E-state index in [1.807, 2.05) is 170 Å². The maximum atomic E-state index is 12.7. The van der Waals surface area contributed by atoms with Crippen molar-refractivity contribution in [2.45, 2.75) is 55.6 Å². The Bertz CT molecular complexity index is 2890. The van der Waals surface area contributed by atoms with Gasteiger partial charge in [0.05, 0.1) is 11.1 Å². The van der Waals surface area contributed by atoms with Gasteiger partial charge in [0.15, 0.2) is 0 Å². The van der Waals surface area contributed by atoms with Crippen molar-refractivity contribution in [3.8, 4) is 0 Å². The van der Waals surface area contributed by atoms with Crippen LogP contribution in [0.3, 0.4) is 0 Å². The number of para-hydroxylation sites is 2. The van der Waals surface area contributed by atoms with Crippen molar-refractivity contribution in [3.63, 3.8) is 0 Å². The van der Waals surface area contributed by atoms with E-state index in [1.165, 1.54) is 0 Å². The van der Waals surface area contributed by atoms with Crippen LogP contribution in [0.5, 0.6) is 0 Å². The van der Waals surface area contributed by atoms with Crippen LogP contribution in [0.25, 0.3) is 21.8 Å². The summed E-state index contributed by atoms with van der Waals surface area (Å²) in [6.45, 7) is 6.28. The van der Waals surface area contributed by atoms with E-state index in [2.05, 4.69) is 113 Å². The van der Waals surface area contributed by atoms with Gasteiger partial charge in [-0.3, -0.25) is 20.2 Å². The number of carbonyl (C=O) groups is 2. The highest BCUT2D eigenvalue weighted by atomic mass is 35.6. The molecule has 0 aliphatic carbocycles. The summed E-state index contributed by atoms with van der Waals surface area (Å²) in [6, 6.07) is 74.7. The number of fused-ring (bicyclic) bond motifs is 2. The number of H-pyrrole nitrogens is 2. The predicted molar refractivity (Wildman–Crippen MR) is 301 cm³/mol. The molecule has 10 heteroatoms. The molecule has 0 radical (unpaired) electrons. The third kappa shape index (κ3) is 12.3. The van der Waals surface area contributed by atoms with E-state index in [-0.39, 0.29) is 0 Å². The quantitative estimate of drug-likeness (QED) is 0.0325. The van der Waals surface area contributed by atoms with Gasteiger partial charge in [-0.1, -0.05) is 238 Å². The summed E-state index contributed by atoms with van der Waals surface area (Å²) in [5.74, 6) is -1.78. The lowest BCUT2D eigenvalue weighted by molar-refractivity contribution is -0.140. The molecule has 0 aliphatic rings. The summed E-state index contributed by atoms with van der Waals surface area (Å²) >= 11 is 5.67. The zero-order chi connectivity index (χ0) is 51.3. The zero-order valence-corrected chi connectivity index (χ0v) is 43.0. The number of aliphatic carboxylic acids is 2. The molecule has 2 aromatic heterocycles. The lowest BCUT2D eigenvalue weighted by Gasteiger charge is -2.39. The molecule has 10 rings (SSSR count). The Morgan fingerprint density at radius 2 is 0.644 bits per heavy atom. The summed E-state index contributed by atoms with van der Waals surface area (Å²) in [4.78, 5) is 31.9. The largest absolute Gasteiger partial charge is 0.480 e. The molecule has 0 bridgehead atoms. The first-order valence-electron chi connectivity index (χ1n) is 24.5. The van der Waals surface area contributed by atoms with Crippen molar-refractivity contribution in [1.29, 1.82) is 0 Å². The van der Waals surface area contributed by atoms with Gasteiger partial charge in [-0.2, -0.15) is 11.1 Å². The lowest BCUT2D eigenvalue weighted by Crippen LogP contribution is -2.53. The van der Waals surface area contributed by atoms with E-state index in [4.69, 9.17) is 11.1 Å². The number of carboxylic acid groups (broad SMARTS) is 2. The Kier molecular flexibility index (Phi) is 16.7. The van der Waals surface area contributed by atoms with Gasteiger partial charge in [0, 0.05) is 47.0 Å².